The number of aliphatic hydroxyl groups is 1. The molecule has 0 radical (unpaired) electrons. The molecule has 0 amide bonds. The van der Waals surface area contributed by atoms with Crippen molar-refractivity contribution in [1.82, 2.24) is 0 Å². The van der Waals surface area contributed by atoms with Crippen LogP contribution in [-0.2, 0) is 9.53 Å². The normalized spacial score (nSPS) is 12.4. The van der Waals surface area contributed by atoms with Crippen molar-refractivity contribution in [2.75, 3.05) is 6.61 Å². The van der Waals surface area contributed by atoms with Gasteiger partial charge in [-0.3, -0.25) is 0 Å². The van der Waals surface area contributed by atoms with Crippen LogP contribution in [0, 0.1) is 0 Å². The quantitative estimate of drug-likeness (QED) is 0.691. The molecule has 0 aliphatic rings. The van der Waals surface area contributed by atoms with Gasteiger partial charge in [0.25, 0.3) is 0 Å². The summed E-state index contributed by atoms with van der Waals surface area (Å²) in [5.41, 5.74) is -0.00435. The molecule has 19 heavy (non-hydrogen) atoms. The van der Waals surface area contributed by atoms with Gasteiger partial charge in [-0.05, 0) is 13.0 Å². The maximum Gasteiger partial charge on any atom is 0.336 e. The average Bonchev–Trinajstić information content (AvgIpc) is 2.75. The number of carbonyl (C=O) groups is 1. The Morgan fingerprint density at radius 2 is 2.21 bits per heavy atom. The number of hydrogen-bond acceptors (Lipinski definition) is 4. The van der Waals surface area contributed by atoms with E-state index in [0.717, 1.165) is 10.1 Å². The molecule has 0 saturated heterocycles. The zero-order valence-electron chi connectivity index (χ0n) is 10.4. The summed E-state index contributed by atoms with van der Waals surface area (Å²) < 4.78 is 5.78. The molecule has 100 valence electrons. The third-order valence-corrected chi connectivity index (χ3v) is 4.42. The van der Waals surface area contributed by atoms with E-state index in [4.69, 9.17) is 16.3 Å². The van der Waals surface area contributed by atoms with Crippen molar-refractivity contribution in [2.24, 2.45) is 0 Å². The van der Waals surface area contributed by atoms with Crippen molar-refractivity contribution in [3.8, 4) is 0 Å². The van der Waals surface area contributed by atoms with Gasteiger partial charge in [-0.1, -0.05) is 36.4 Å². The van der Waals surface area contributed by atoms with Gasteiger partial charge in [0.1, 0.15) is 6.10 Å². The molecule has 0 bridgehead atoms. The van der Waals surface area contributed by atoms with Gasteiger partial charge in [0.05, 0.1) is 22.1 Å². The average molecular weight is 297 g/mol. The Bertz CT molecular complexity index is 633. The monoisotopic (exact) mass is 296 g/mol. The van der Waals surface area contributed by atoms with Crippen LogP contribution >= 0.6 is 22.9 Å². The van der Waals surface area contributed by atoms with Crippen molar-refractivity contribution in [3.63, 3.8) is 0 Å². The van der Waals surface area contributed by atoms with Gasteiger partial charge in [-0.25, -0.2) is 4.79 Å². The van der Waals surface area contributed by atoms with Crippen molar-refractivity contribution in [3.05, 3.63) is 46.3 Å². The summed E-state index contributed by atoms with van der Waals surface area (Å²) >= 11 is 7.58. The molecule has 0 spiro atoms. The Morgan fingerprint density at radius 1 is 1.53 bits per heavy atom. The van der Waals surface area contributed by atoms with Gasteiger partial charge >= 0.3 is 5.97 Å². The smallest absolute Gasteiger partial charge is 0.336 e. The summed E-state index contributed by atoms with van der Waals surface area (Å²) in [6.45, 7) is 5.52. The van der Waals surface area contributed by atoms with Gasteiger partial charge in [0.2, 0.25) is 0 Å². The first-order chi connectivity index (χ1) is 9.06. The number of carbonyl (C=O) groups excluding carboxylic acids is 1. The van der Waals surface area contributed by atoms with Crippen LogP contribution in [-0.4, -0.2) is 17.7 Å². The highest BCUT2D eigenvalue weighted by Gasteiger charge is 2.24. The molecule has 0 fully saturated rings. The van der Waals surface area contributed by atoms with E-state index in [2.05, 4.69) is 6.58 Å². The van der Waals surface area contributed by atoms with Crippen LogP contribution in [0.1, 0.15) is 17.9 Å². The number of halogens is 1. The fourth-order valence-electron chi connectivity index (χ4n) is 1.70. The molecule has 0 aliphatic carbocycles. The van der Waals surface area contributed by atoms with E-state index in [1.54, 1.807) is 6.92 Å². The molecule has 2 aromatic rings. The summed E-state index contributed by atoms with van der Waals surface area (Å²) in [6, 6.07) is 7.55. The lowest BCUT2D eigenvalue weighted by molar-refractivity contribution is -0.139. The molecule has 1 aromatic carbocycles. The SMILES string of the molecule is C=C(C(=O)OCC)C(O)c1sc2ccccc2c1Cl. The standard InChI is InChI=1S/C14H13ClO3S/c1-3-18-14(17)8(2)12(16)13-11(15)9-6-4-5-7-10(9)19-13/h4-7,12,16H,2-3H2,1H3. The Balaban J connectivity index is 2.36. The number of hydrogen-bond donors (Lipinski definition) is 1. The van der Waals surface area contributed by atoms with E-state index < -0.39 is 12.1 Å². The molecule has 1 heterocycles. The molecule has 5 heteroatoms. The molecular formula is C14H13ClO3S. The zero-order valence-corrected chi connectivity index (χ0v) is 11.9. The van der Waals surface area contributed by atoms with Gasteiger partial charge in [0.15, 0.2) is 0 Å². The predicted octanol–water partition coefficient (Wildman–Crippen LogP) is 3.71. The summed E-state index contributed by atoms with van der Waals surface area (Å²) in [6.07, 6.45) is -1.14. The minimum Gasteiger partial charge on any atom is -0.463 e. The maximum absolute atomic E-state index is 11.6. The van der Waals surface area contributed by atoms with E-state index in [-0.39, 0.29) is 12.2 Å². The molecular weight excluding hydrogens is 284 g/mol. The van der Waals surface area contributed by atoms with Gasteiger partial charge < -0.3 is 9.84 Å². The van der Waals surface area contributed by atoms with E-state index in [1.165, 1.54) is 11.3 Å². The number of esters is 1. The van der Waals surface area contributed by atoms with Crippen LogP contribution < -0.4 is 0 Å². The minimum atomic E-state index is -1.14. The summed E-state index contributed by atoms with van der Waals surface area (Å²) in [7, 11) is 0. The molecule has 1 N–H and O–H groups in total. The number of aliphatic hydroxyl groups excluding tert-OH is 1. The molecule has 2 rings (SSSR count). The topological polar surface area (TPSA) is 46.5 Å². The van der Waals surface area contributed by atoms with Gasteiger partial charge in [0, 0.05) is 10.1 Å². The van der Waals surface area contributed by atoms with Crippen LogP contribution in [0.3, 0.4) is 0 Å². The highest BCUT2D eigenvalue weighted by atomic mass is 35.5. The number of thiophene rings is 1. The fourth-order valence-corrected chi connectivity index (χ4v) is 3.26. The minimum absolute atomic E-state index is 0.00435. The number of rotatable bonds is 4. The third-order valence-electron chi connectivity index (χ3n) is 2.68. The Hall–Kier alpha value is -1.36. The lowest BCUT2D eigenvalue weighted by Crippen LogP contribution is -2.13. The van der Waals surface area contributed by atoms with E-state index >= 15 is 0 Å². The first-order valence-electron chi connectivity index (χ1n) is 5.77. The first-order valence-corrected chi connectivity index (χ1v) is 6.96. The fraction of sp³-hybridized carbons (Fsp3) is 0.214. The highest BCUT2D eigenvalue weighted by Crippen LogP contribution is 2.40. The van der Waals surface area contributed by atoms with Crippen molar-refractivity contribution >= 4 is 39.0 Å². The lowest BCUT2D eigenvalue weighted by Gasteiger charge is -2.11. The Morgan fingerprint density at radius 3 is 2.84 bits per heavy atom. The second kappa shape index (κ2) is 5.74. The second-order valence-corrected chi connectivity index (χ2v) is 5.39. The number of ether oxygens (including phenoxy) is 1. The van der Waals surface area contributed by atoms with E-state index in [9.17, 15) is 9.90 Å². The van der Waals surface area contributed by atoms with E-state index in [1.807, 2.05) is 24.3 Å². The van der Waals surface area contributed by atoms with Crippen LogP contribution in [0.15, 0.2) is 36.4 Å². The molecule has 0 aliphatic heterocycles. The molecule has 1 aromatic heterocycles. The van der Waals surface area contributed by atoms with Crippen LogP contribution in [0.4, 0.5) is 0 Å². The Kier molecular flexibility index (Phi) is 4.24. The van der Waals surface area contributed by atoms with Crippen molar-refractivity contribution < 1.29 is 14.6 Å². The van der Waals surface area contributed by atoms with Gasteiger partial charge in [-0.15, -0.1) is 11.3 Å². The van der Waals surface area contributed by atoms with Crippen LogP contribution in [0.2, 0.25) is 5.02 Å². The summed E-state index contributed by atoms with van der Waals surface area (Å²) in [4.78, 5) is 12.1. The highest BCUT2D eigenvalue weighted by molar-refractivity contribution is 7.19. The molecule has 1 unspecified atom stereocenters. The third kappa shape index (κ3) is 2.66. The molecule has 3 nitrogen and oxygen atoms in total. The second-order valence-electron chi connectivity index (χ2n) is 3.92. The summed E-state index contributed by atoms with van der Waals surface area (Å²) in [5, 5.41) is 11.5. The lowest BCUT2D eigenvalue weighted by atomic mass is 10.1. The maximum atomic E-state index is 11.6. The van der Waals surface area contributed by atoms with Crippen molar-refractivity contribution in [1.29, 1.82) is 0 Å². The zero-order chi connectivity index (χ0) is 14.0. The Labute approximate surface area is 120 Å². The van der Waals surface area contributed by atoms with Crippen molar-refractivity contribution in [2.45, 2.75) is 13.0 Å². The van der Waals surface area contributed by atoms with Crippen LogP contribution in [0.5, 0.6) is 0 Å². The first kappa shape index (κ1) is 14.1. The van der Waals surface area contributed by atoms with E-state index in [0.29, 0.717) is 9.90 Å². The number of benzene rings is 1. The van der Waals surface area contributed by atoms with Gasteiger partial charge in [-0.2, -0.15) is 0 Å². The predicted molar refractivity (Wildman–Crippen MR) is 77.6 cm³/mol. The summed E-state index contributed by atoms with van der Waals surface area (Å²) in [5.74, 6) is -0.608. The molecule has 0 saturated carbocycles. The van der Waals surface area contributed by atoms with Crippen LogP contribution in [0.25, 0.3) is 10.1 Å². The molecule has 1 atom stereocenters. The number of fused-ring (bicyclic) bond motifs is 1. The largest absolute Gasteiger partial charge is 0.463 e.